The zero-order chi connectivity index (χ0) is 18.0. The van der Waals surface area contributed by atoms with Crippen molar-refractivity contribution in [3.8, 4) is 11.5 Å². The predicted molar refractivity (Wildman–Crippen MR) is 103 cm³/mol. The Labute approximate surface area is 155 Å². The van der Waals surface area contributed by atoms with Crippen LogP contribution in [0.1, 0.15) is 5.56 Å². The highest BCUT2D eigenvalue weighted by Gasteiger charge is 2.16. The van der Waals surface area contributed by atoms with Crippen molar-refractivity contribution in [1.29, 1.82) is 0 Å². The summed E-state index contributed by atoms with van der Waals surface area (Å²) in [5.74, 6) is 1.75. The number of aliphatic hydroxyl groups is 1. The fraction of sp³-hybridized carbons (Fsp3) is 0.429. The maximum absolute atomic E-state index is 8.73. The lowest BCUT2D eigenvalue weighted by molar-refractivity contribution is 0.0564. The molecule has 0 aromatic heterocycles. The molecule has 5 nitrogen and oxygen atoms in total. The van der Waals surface area contributed by atoms with Gasteiger partial charge in [-0.05, 0) is 29.8 Å². The second-order valence-corrected chi connectivity index (χ2v) is 6.52. The summed E-state index contributed by atoms with van der Waals surface area (Å²) < 4.78 is 11.3. The number of hydrogen-bond donors (Lipinski definition) is 1. The van der Waals surface area contributed by atoms with Gasteiger partial charge in [0.15, 0.2) is 0 Å². The van der Waals surface area contributed by atoms with Gasteiger partial charge in [-0.2, -0.15) is 0 Å². The van der Waals surface area contributed by atoms with Crippen LogP contribution in [0.4, 0.5) is 0 Å². The average Bonchev–Trinajstić information content (AvgIpc) is 2.68. The van der Waals surface area contributed by atoms with Crippen molar-refractivity contribution >= 4 is 0 Å². The van der Waals surface area contributed by atoms with Crippen LogP contribution in [0.5, 0.6) is 11.5 Å². The summed E-state index contributed by atoms with van der Waals surface area (Å²) in [6.07, 6.45) is 0. The van der Waals surface area contributed by atoms with Gasteiger partial charge < -0.3 is 14.6 Å². The molecule has 0 saturated carbocycles. The monoisotopic (exact) mass is 356 g/mol. The summed E-state index contributed by atoms with van der Waals surface area (Å²) >= 11 is 0. The van der Waals surface area contributed by atoms with Gasteiger partial charge in [-0.1, -0.05) is 30.3 Å². The smallest absolute Gasteiger partial charge is 0.127 e. The molecule has 0 amide bonds. The molecule has 1 heterocycles. The third kappa shape index (κ3) is 6.11. The number of para-hydroxylation sites is 1. The van der Waals surface area contributed by atoms with E-state index in [2.05, 4.69) is 28.0 Å². The Bertz CT molecular complexity index is 643. The molecule has 0 aliphatic carbocycles. The van der Waals surface area contributed by atoms with Gasteiger partial charge in [0.2, 0.25) is 0 Å². The van der Waals surface area contributed by atoms with E-state index in [1.165, 1.54) is 5.56 Å². The van der Waals surface area contributed by atoms with Crippen molar-refractivity contribution in [1.82, 2.24) is 9.80 Å². The van der Waals surface area contributed by atoms with Crippen LogP contribution >= 0.6 is 0 Å². The van der Waals surface area contributed by atoms with Gasteiger partial charge in [-0.25, -0.2) is 0 Å². The molecule has 1 aliphatic rings. The van der Waals surface area contributed by atoms with Crippen molar-refractivity contribution in [3.63, 3.8) is 0 Å². The topological polar surface area (TPSA) is 45.2 Å². The number of hydrogen-bond acceptors (Lipinski definition) is 5. The summed E-state index contributed by atoms with van der Waals surface area (Å²) in [6.45, 7) is 7.34. The van der Waals surface area contributed by atoms with Crippen molar-refractivity contribution in [3.05, 3.63) is 60.2 Å². The maximum Gasteiger partial charge on any atom is 0.127 e. The standard InChI is InChI=1S/C21H28N2O3/c24-14-16-25-15-13-22-9-11-23(12-10-22)18-19-5-4-8-21(17-19)26-20-6-2-1-3-7-20/h1-8,17,24H,9-16,18H2. The minimum Gasteiger partial charge on any atom is -0.457 e. The van der Waals surface area contributed by atoms with Crippen molar-refractivity contribution in [2.75, 3.05) is 52.5 Å². The molecule has 0 bridgehead atoms. The average molecular weight is 356 g/mol. The van der Waals surface area contributed by atoms with E-state index >= 15 is 0 Å². The van der Waals surface area contributed by atoms with Crippen LogP contribution in [0, 0.1) is 0 Å². The molecule has 140 valence electrons. The summed E-state index contributed by atoms with van der Waals surface area (Å²) in [6, 6.07) is 18.2. The van der Waals surface area contributed by atoms with Gasteiger partial charge in [0, 0.05) is 39.3 Å². The Morgan fingerprint density at radius 1 is 0.808 bits per heavy atom. The number of rotatable bonds is 9. The van der Waals surface area contributed by atoms with Gasteiger partial charge in [-0.3, -0.25) is 9.80 Å². The quantitative estimate of drug-likeness (QED) is 0.700. The molecule has 1 N–H and O–H groups in total. The second kappa shape index (κ2) is 10.3. The first-order valence-electron chi connectivity index (χ1n) is 9.28. The summed E-state index contributed by atoms with van der Waals surface area (Å²) in [5, 5.41) is 8.73. The highest BCUT2D eigenvalue weighted by Crippen LogP contribution is 2.22. The van der Waals surface area contributed by atoms with E-state index in [1.54, 1.807) is 0 Å². The molecule has 5 heteroatoms. The normalized spacial score (nSPS) is 15.9. The number of nitrogens with zero attached hydrogens (tertiary/aromatic N) is 2. The molecular formula is C21H28N2O3. The molecule has 2 aromatic carbocycles. The number of aliphatic hydroxyl groups excluding tert-OH is 1. The zero-order valence-electron chi connectivity index (χ0n) is 15.2. The minimum absolute atomic E-state index is 0.0980. The second-order valence-electron chi connectivity index (χ2n) is 6.52. The number of ether oxygens (including phenoxy) is 2. The van der Waals surface area contributed by atoms with Crippen LogP contribution in [-0.2, 0) is 11.3 Å². The van der Waals surface area contributed by atoms with Gasteiger partial charge in [0.05, 0.1) is 19.8 Å². The molecule has 1 aliphatic heterocycles. The lowest BCUT2D eigenvalue weighted by Crippen LogP contribution is -2.46. The first-order valence-corrected chi connectivity index (χ1v) is 9.28. The highest BCUT2D eigenvalue weighted by atomic mass is 16.5. The van der Waals surface area contributed by atoms with E-state index < -0.39 is 0 Å². The van der Waals surface area contributed by atoms with Crippen LogP contribution < -0.4 is 4.74 Å². The molecule has 0 unspecified atom stereocenters. The predicted octanol–water partition coefficient (Wildman–Crippen LogP) is 2.61. The molecule has 2 aromatic rings. The summed E-state index contributed by atoms with van der Waals surface area (Å²) in [4.78, 5) is 4.90. The van der Waals surface area contributed by atoms with Gasteiger partial charge >= 0.3 is 0 Å². The fourth-order valence-corrected chi connectivity index (χ4v) is 3.12. The van der Waals surface area contributed by atoms with Crippen LogP contribution in [0.2, 0.25) is 0 Å². The molecule has 1 saturated heterocycles. The molecule has 0 spiro atoms. The fourth-order valence-electron chi connectivity index (χ4n) is 3.12. The van der Waals surface area contributed by atoms with E-state index in [9.17, 15) is 0 Å². The molecular weight excluding hydrogens is 328 g/mol. The van der Waals surface area contributed by atoms with Gasteiger partial charge in [0.25, 0.3) is 0 Å². The van der Waals surface area contributed by atoms with E-state index in [0.29, 0.717) is 13.2 Å². The summed E-state index contributed by atoms with van der Waals surface area (Å²) in [5.41, 5.74) is 1.28. The molecule has 3 rings (SSSR count). The number of piperazine rings is 1. The molecule has 0 radical (unpaired) electrons. The Kier molecular flexibility index (Phi) is 7.46. The van der Waals surface area contributed by atoms with Crippen LogP contribution in [0.25, 0.3) is 0 Å². The molecule has 26 heavy (non-hydrogen) atoms. The lowest BCUT2D eigenvalue weighted by Gasteiger charge is -2.34. The third-order valence-corrected chi connectivity index (χ3v) is 4.54. The van der Waals surface area contributed by atoms with E-state index in [1.807, 2.05) is 36.4 Å². The SMILES string of the molecule is OCCOCCN1CCN(Cc2cccc(Oc3ccccc3)c2)CC1. The first-order chi connectivity index (χ1) is 12.8. The van der Waals surface area contributed by atoms with Crippen molar-refractivity contribution in [2.45, 2.75) is 6.54 Å². The van der Waals surface area contributed by atoms with Crippen LogP contribution in [0.15, 0.2) is 54.6 Å². The van der Waals surface area contributed by atoms with Gasteiger partial charge in [-0.15, -0.1) is 0 Å². The van der Waals surface area contributed by atoms with Crippen molar-refractivity contribution in [2.24, 2.45) is 0 Å². The minimum atomic E-state index is 0.0980. The Hall–Kier alpha value is -1.92. The Morgan fingerprint density at radius 3 is 2.31 bits per heavy atom. The Balaban J connectivity index is 1.44. The van der Waals surface area contributed by atoms with Crippen molar-refractivity contribution < 1.29 is 14.6 Å². The maximum atomic E-state index is 8.73. The van der Waals surface area contributed by atoms with Gasteiger partial charge in [0.1, 0.15) is 11.5 Å². The lowest BCUT2D eigenvalue weighted by atomic mass is 10.2. The largest absolute Gasteiger partial charge is 0.457 e. The highest BCUT2D eigenvalue weighted by molar-refractivity contribution is 5.33. The van der Waals surface area contributed by atoms with Crippen LogP contribution in [0.3, 0.4) is 0 Å². The summed E-state index contributed by atoms with van der Waals surface area (Å²) in [7, 11) is 0. The van der Waals surface area contributed by atoms with E-state index in [-0.39, 0.29) is 6.61 Å². The first kappa shape index (κ1) is 18.9. The Morgan fingerprint density at radius 2 is 1.54 bits per heavy atom. The van der Waals surface area contributed by atoms with E-state index in [0.717, 1.165) is 50.8 Å². The van der Waals surface area contributed by atoms with E-state index in [4.69, 9.17) is 14.6 Å². The zero-order valence-corrected chi connectivity index (χ0v) is 15.2. The number of benzene rings is 2. The van der Waals surface area contributed by atoms with Crippen LogP contribution in [-0.4, -0.2) is 67.5 Å². The molecule has 1 fully saturated rings. The third-order valence-electron chi connectivity index (χ3n) is 4.54. The molecule has 0 atom stereocenters.